The first-order valence-corrected chi connectivity index (χ1v) is 9.72. The molecular formula is C15H24N4O3S. The molecule has 0 radical (unpaired) electrons. The van der Waals surface area contributed by atoms with Crippen molar-refractivity contribution >= 4 is 15.8 Å². The molecule has 2 fully saturated rings. The molecule has 1 N–H and O–H groups in total. The van der Waals surface area contributed by atoms with E-state index >= 15 is 0 Å². The summed E-state index contributed by atoms with van der Waals surface area (Å²) in [7, 11) is -1.49. The maximum atomic E-state index is 12.9. The Bertz CT molecular complexity index is 631. The quantitative estimate of drug-likeness (QED) is 0.895. The van der Waals surface area contributed by atoms with Gasteiger partial charge in [0.05, 0.1) is 11.9 Å². The van der Waals surface area contributed by atoms with E-state index in [0.717, 1.165) is 32.1 Å². The number of rotatable bonds is 4. The minimum absolute atomic E-state index is 0.236. The molecule has 0 unspecified atom stereocenters. The predicted molar refractivity (Wildman–Crippen MR) is 87.6 cm³/mol. The maximum absolute atomic E-state index is 12.9. The Hall–Kier alpha value is -1.25. The summed E-state index contributed by atoms with van der Waals surface area (Å²) in [6.45, 7) is 1.12. The third kappa shape index (κ3) is 3.49. The van der Waals surface area contributed by atoms with E-state index in [1.54, 1.807) is 23.7 Å². The van der Waals surface area contributed by atoms with E-state index in [2.05, 4.69) is 15.3 Å². The molecule has 0 bridgehead atoms. The Morgan fingerprint density at radius 3 is 2.70 bits per heavy atom. The molecule has 1 saturated heterocycles. The lowest BCUT2D eigenvalue weighted by atomic mass is 10.0. The van der Waals surface area contributed by atoms with E-state index < -0.39 is 10.0 Å². The van der Waals surface area contributed by atoms with Crippen LogP contribution in [0, 0.1) is 0 Å². The van der Waals surface area contributed by atoms with Gasteiger partial charge in [0.1, 0.15) is 17.6 Å². The summed E-state index contributed by atoms with van der Waals surface area (Å²) in [6, 6.07) is 0. The van der Waals surface area contributed by atoms with Crippen LogP contribution in [0.2, 0.25) is 0 Å². The number of hydrogen-bond donors (Lipinski definition) is 1. The van der Waals surface area contributed by atoms with Crippen LogP contribution < -0.4 is 5.32 Å². The summed E-state index contributed by atoms with van der Waals surface area (Å²) in [6.07, 6.45) is 7.54. The van der Waals surface area contributed by atoms with Gasteiger partial charge in [-0.1, -0.05) is 19.3 Å². The number of nitrogens with one attached hydrogen (secondary N) is 1. The van der Waals surface area contributed by atoms with Crippen LogP contribution in [0.15, 0.2) is 12.4 Å². The van der Waals surface area contributed by atoms with Crippen molar-refractivity contribution in [3.8, 4) is 0 Å². The van der Waals surface area contributed by atoms with Crippen LogP contribution in [0.1, 0.15) is 43.9 Å². The monoisotopic (exact) mass is 340 g/mol. The van der Waals surface area contributed by atoms with E-state index in [1.807, 2.05) is 0 Å². The molecule has 0 amide bonds. The number of anilines is 1. The molecule has 23 heavy (non-hydrogen) atoms. The normalized spacial score (nSPS) is 24.5. The fourth-order valence-corrected chi connectivity index (χ4v) is 5.40. The maximum Gasteiger partial charge on any atom is 0.217 e. The third-order valence-corrected chi connectivity index (χ3v) is 7.00. The van der Waals surface area contributed by atoms with Gasteiger partial charge in [0.2, 0.25) is 10.0 Å². The summed E-state index contributed by atoms with van der Waals surface area (Å²) < 4.78 is 33.1. The largest absolute Gasteiger partial charge is 0.372 e. The average molecular weight is 340 g/mol. The smallest absolute Gasteiger partial charge is 0.217 e. The van der Waals surface area contributed by atoms with Crippen molar-refractivity contribution in [3.63, 3.8) is 0 Å². The van der Waals surface area contributed by atoms with E-state index in [4.69, 9.17) is 4.74 Å². The zero-order chi connectivity index (χ0) is 16.3. The number of nitrogens with zero attached hydrogens (tertiary/aromatic N) is 3. The van der Waals surface area contributed by atoms with E-state index in [1.165, 1.54) is 0 Å². The van der Waals surface area contributed by atoms with Crippen molar-refractivity contribution in [2.75, 3.05) is 32.1 Å². The summed E-state index contributed by atoms with van der Waals surface area (Å²) in [5.74, 6) is 0.634. The summed E-state index contributed by atoms with van der Waals surface area (Å²) in [5, 5.41) is 2.75. The zero-order valence-corrected chi connectivity index (χ0v) is 14.3. The van der Waals surface area contributed by atoms with E-state index in [0.29, 0.717) is 31.2 Å². The Kier molecular flexibility index (Phi) is 5.13. The minimum atomic E-state index is -3.26. The number of sulfonamides is 1. The molecule has 2 aliphatic rings. The molecule has 1 aromatic heterocycles. The van der Waals surface area contributed by atoms with Crippen molar-refractivity contribution in [1.29, 1.82) is 0 Å². The van der Waals surface area contributed by atoms with Gasteiger partial charge in [-0.05, 0) is 12.8 Å². The lowest BCUT2D eigenvalue weighted by Crippen LogP contribution is -2.47. The average Bonchev–Trinajstić information content (AvgIpc) is 2.62. The fraction of sp³-hybridized carbons (Fsp3) is 0.733. The molecule has 3 rings (SSSR count). The molecule has 0 aromatic carbocycles. The molecule has 1 saturated carbocycles. The Labute approximate surface area is 137 Å². The minimum Gasteiger partial charge on any atom is -0.372 e. The highest BCUT2D eigenvalue weighted by molar-refractivity contribution is 7.89. The molecule has 1 atom stereocenters. The number of aromatic nitrogens is 2. The molecule has 1 aliphatic carbocycles. The predicted octanol–water partition coefficient (Wildman–Crippen LogP) is 1.55. The molecular weight excluding hydrogens is 316 g/mol. The van der Waals surface area contributed by atoms with Gasteiger partial charge in [-0.3, -0.25) is 4.98 Å². The van der Waals surface area contributed by atoms with Gasteiger partial charge < -0.3 is 10.1 Å². The SMILES string of the molecule is CNc1nccnc1[C@@H]1CN(S(=O)(=O)C2CCCCC2)CCO1. The molecule has 1 aromatic rings. The van der Waals surface area contributed by atoms with Crippen LogP contribution in [0.3, 0.4) is 0 Å². The highest BCUT2D eigenvalue weighted by atomic mass is 32.2. The number of hydrogen-bond acceptors (Lipinski definition) is 6. The van der Waals surface area contributed by atoms with Crippen molar-refractivity contribution in [2.24, 2.45) is 0 Å². The second kappa shape index (κ2) is 7.11. The molecule has 2 heterocycles. The van der Waals surface area contributed by atoms with Crippen LogP contribution in [0.25, 0.3) is 0 Å². The lowest BCUT2D eigenvalue weighted by Gasteiger charge is -2.35. The van der Waals surface area contributed by atoms with E-state index in [9.17, 15) is 8.42 Å². The Morgan fingerprint density at radius 1 is 1.22 bits per heavy atom. The summed E-state index contributed by atoms with van der Waals surface area (Å²) >= 11 is 0. The lowest BCUT2D eigenvalue weighted by molar-refractivity contribution is -0.00507. The first kappa shape index (κ1) is 16.6. The second-order valence-electron chi connectivity index (χ2n) is 6.06. The van der Waals surface area contributed by atoms with Gasteiger partial charge >= 0.3 is 0 Å². The van der Waals surface area contributed by atoms with Crippen molar-refractivity contribution in [3.05, 3.63) is 18.1 Å². The van der Waals surface area contributed by atoms with Gasteiger partial charge in [0, 0.05) is 32.5 Å². The Balaban J connectivity index is 1.77. The highest BCUT2D eigenvalue weighted by Crippen LogP contribution is 2.31. The van der Waals surface area contributed by atoms with Crippen LogP contribution in [0.5, 0.6) is 0 Å². The van der Waals surface area contributed by atoms with Crippen molar-refractivity contribution in [2.45, 2.75) is 43.5 Å². The molecule has 1 aliphatic heterocycles. The fourth-order valence-electron chi connectivity index (χ4n) is 3.37. The van der Waals surface area contributed by atoms with Gasteiger partial charge in [-0.25, -0.2) is 13.4 Å². The molecule has 0 spiro atoms. The van der Waals surface area contributed by atoms with Crippen LogP contribution in [0.4, 0.5) is 5.82 Å². The topological polar surface area (TPSA) is 84.4 Å². The third-order valence-electron chi connectivity index (χ3n) is 4.63. The molecule has 8 heteroatoms. The van der Waals surface area contributed by atoms with Gasteiger partial charge in [0.25, 0.3) is 0 Å². The number of morpholine rings is 1. The van der Waals surface area contributed by atoms with Crippen LogP contribution >= 0.6 is 0 Å². The van der Waals surface area contributed by atoms with Crippen molar-refractivity contribution < 1.29 is 13.2 Å². The second-order valence-corrected chi connectivity index (χ2v) is 8.28. The standard InChI is InChI=1S/C15H24N4O3S/c1-16-15-14(17-7-8-18-15)13-11-19(9-10-22-13)23(20,21)12-5-3-2-4-6-12/h7-8,12-13H,2-6,9-11H2,1H3,(H,16,18)/t13-/m0/s1. The van der Waals surface area contributed by atoms with E-state index in [-0.39, 0.29) is 11.4 Å². The first-order chi connectivity index (χ1) is 11.1. The first-order valence-electron chi connectivity index (χ1n) is 8.22. The Morgan fingerprint density at radius 2 is 1.96 bits per heavy atom. The molecule has 7 nitrogen and oxygen atoms in total. The molecule has 128 valence electrons. The highest BCUT2D eigenvalue weighted by Gasteiger charge is 2.37. The zero-order valence-electron chi connectivity index (χ0n) is 13.4. The van der Waals surface area contributed by atoms with Crippen LogP contribution in [-0.2, 0) is 14.8 Å². The van der Waals surface area contributed by atoms with Crippen molar-refractivity contribution in [1.82, 2.24) is 14.3 Å². The van der Waals surface area contributed by atoms with Crippen LogP contribution in [-0.4, -0.2) is 54.7 Å². The van der Waals surface area contributed by atoms with Gasteiger partial charge in [-0.15, -0.1) is 0 Å². The van der Waals surface area contributed by atoms with Gasteiger partial charge in [0.15, 0.2) is 0 Å². The summed E-state index contributed by atoms with van der Waals surface area (Å²) in [4.78, 5) is 8.56. The summed E-state index contributed by atoms with van der Waals surface area (Å²) in [5.41, 5.74) is 0.665. The number of ether oxygens (including phenoxy) is 1. The van der Waals surface area contributed by atoms with Gasteiger partial charge in [-0.2, -0.15) is 4.31 Å².